The van der Waals surface area contributed by atoms with Crippen molar-refractivity contribution < 1.29 is 13.2 Å². The van der Waals surface area contributed by atoms with Crippen LogP contribution in [0.1, 0.15) is 19.4 Å². The second-order valence-corrected chi connectivity index (χ2v) is 7.45. The molecule has 1 rings (SSSR count). The topological polar surface area (TPSA) is 55.4 Å². The van der Waals surface area contributed by atoms with Crippen LogP contribution in [0.2, 0.25) is 5.02 Å². The van der Waals surface area contributed by atoms with Crippen molar-refractivity contribution in [1.29, 1.82) is 0 Å². The molecule has 0 radical (unpaired) electrons. The summed E-state index contributed by atoms with van der Waals surface area (Å²) >= 11 is 6.08. The number of rotatable bonds is 6. The molecule has 1 aromatic rings. The molecule has 6 heteroatoms. The zero-order valence-corrected chi connectivity index (χ0v) is 13.2. The first-order chi connectivity index (χ1) is 8.67. The van der Waals surface area contributed by atoms with Crippen molar-refractivity contribution in [2.75, 3.05) is 19.9 Å². The van der Waals surface area contributed by atoms with E-state index in [2.05, 4.69) is 5.32 Å². The average molecular weight is 306 g/mol. The first kappa shape index (κ1) is 16.4. The largest absolute Gasteiger partial charge is 0.377 e. The van der Waals surface area contributed by atoms with Gasteiger partial charge >= 0.3 is 0 Å². The number of sulfone groups is 1. The molecule has 4 nitrogen and oxygen atoms in total. The van der Waals surface area contributed by atoms with Gasteiger partial charge in [-0.25, -0.2) is 8.42 Å². The Balaban J connectivity index is 2.90. The van der Waals surface area contributed by atoms with Crippen LogP contribution in [0.4, 0.5) is 0 Å². The van der Waals surface area contributed by atoms with Gasteiger partial charge in [0, 0.05) is 37.0 Å². The van der Waals surface area contributed by atoms with E-state index in [9.17, 15) is 8.42 Å². The lowest BCUT2D eigenvalue weighted by Gasteiger charge is -2.23. The van der Waals surface area contributed by atoms with Crippen LogP contribution in [-0.2, 0) is 21.1 Å². The van der Waals surface area contributed by atoms with E-state index in [0.717, 1.165) is 0 Å². The van der Waals surface area contributed by atoms with Gasteiger partial charge in [-0.05, 0) is 26.0 Å². The van der Waals surface area contributed by atoms with Crippen LogP contribution in [-0.4, -0.2) is 33.9 Å². The lowest BCUT2D eigenvalue weighted by atomic mass is 10.1. The lowest BCUT2D eigenvalue weighted by molar-refractivity contribution is 0.0230. The predicted octanol–water partition coefficient (Wildman–Crippen LogP) is 2.26. The summed E-state index contributed by atoms with van der Waals surface area (Å²) in [6.07, 6.45) is 1.18. The van der Waals surface area contributed by atoms with Crippen molar-refractivity contribution in [3.05, 3.63) is 28.8 Å². The molecule has 0 atom stereocenters. The minimum Gasteiger partial charge on any atom is -0.377 e. The van der Waals surface area contributed by atoms with Crippen molar-refractivity contribution in [2.45, 2.75) is 30.9 Å². The SMILES string of the molecule is COC(C)(C)CNCc1c(Cl)cccc1S(C)(=O)=O. The number of ether oxygens (including phenoxy) is 1. The second-order valence-electron chi connectivity index (χ2n) is 5.06. The summed E-state index contributed by atoms with van der Waals surface area (Å²) in [6, 6.07) is 4.90. The fourth-order valence-electron chi connectivity index (χ4n) is 1.62. The molecular weight excluding hydrogens is 286 g/mol. The first-order valence-electron chi connectivity index (χ1n) is 5.91. The summed E-state index contributed by atoms with van der Waals surface area (Å²) in [7, 11) is -1.65. The summed E-state index contributed by atoms with van der Waals surface area (Å²) < 4.78 is 28.7. The second kappa shape index (κ2) is 6.22. The van der Waals surface area contributed by atoms with E-state index in [-0.39, 0.29) is 10.5 Å². The Morgan fingerprint density at radius 2 is 2.00 bits per heavy atom. The van der Waals surface area contributed by atoms with E-state index in [0.29, 0.717) is 23.7 Å². The van der Waals surface area contributed by atoms with Gasteiger partial charge in [-0.2, -0.15) is 0 Å². The maximum absolute atomic E-state index is 11.7. The van der Waals surface area contributed by atoms with Crippen LogP contribution in [0, 0.1) is 0 Å². The van der Waals surface area contributed by atoms with Gasteiger partial charge in [0.2, 0.25) is 0 Å². The Hall–Kier alpha value is -0.620. The highest BCUT2D eigenvalue weighted by Crippen LogP contribution is 2.24. The zero-order chi connectivity index (χ0) is 14.7. The van der Waals surface area contributed by atoms with Crippen LogP contribution in [0.5, 0.6) is 0 Å². The molecule has 0 aliphatic carbocycles. The van der Waals surface area contributed by atoms with Crippen LogP contribution < -0.4 is 5.32 Å². The molecule has 0 aromatic heterocycles. The summed E-state index contributed by atoms with van der Waals surface area (Å²) in [5, 5.41) is 3.62. The highest BCUT2D eigenvalue weighted by atomic mass is 35.5. The molecule has 0 saturated carbocycles. The molecule has 0 fully saturated rings. The normalized spacial score (nSPS) is 12.7. The number of benzene rings is 1. The molecule has 0 unspecified atom stereocenters. The molecule has 0 aliphatic rings. The summed E-state index contributed by atoms with van der Waals surface area (Å²) in [4.78, 5) is 0.266. The first-order valence-corrected chi connectivity index (χ1v) is 8.17. The van der Waals surface area contributed by atoms with Crippen molar-refractivity contribution in [3.8, 4) is 0 Å². The van der Waals surface area contributed by atoms with Gasteiger partial charge in [0.05, 0.1) is 10.5 Å². The Bertz CT molecular complexity index is 541. The fourth-order valence-corrected chi connectivity index (χ4v) is 2.87. The van der Waals surface area contributed by atoms with Gasteiger partial charge < -0.3 is 10.1 Å². The number of hydrogen-bond donors (Lipinski definition) is 1. The standard InChI is InChI=1S/C13H20ClNO3S/c1-13(2,18-3)9-15-8-10-11(14)6-5-7-12(10)19(4,16)17/h5-7,15H,8-9H2,1-4H3. The molecule has 108 valence electrons. The van der Waals surface area contributed by atoms with Gasteiger partial charge in [0.25, 0.3) is 0 Å². The van der Waals surface area contributed by atoms with E-state index < -0.39 is 9.84 Å². The van der Waals surface area contributed by atoms with Gasteiger partial charge in [0.1, 0.15) is 0 Å². The van der Waals surface area contributed by atoms with Crippen LogP contribution >= 0.6 is 11.6 Å². The van der Waals surface area contributed by atoms with Crippen molar-refractivity contribution in [2.24, 2.45) is 0 Å². The zero-order valence-electron chi connectivity index (χ0n) is 11.7. The molecule has 0 spiro atoms. The summed E-state index contributed by atoms with van der Waals surface area (Å²) in [5.41, 5.74) is 0.283. The van der Waals surface area contributed by atoms with E-state index in [1.165, 1.54) is 6.26 Å². The molecule has 0 amide bonds. The third kappa shape index (κ3) is 4.76. The van der Waals surface area contributed by atoms with E-state index >= 15 is 0 Å². The predicted molar refractivity (Wildman–Crippen MR) is 77.4 cm³/mol. The number of methoxy groups -OCH3 is 1. The van der Waals surface area contributed by atoms with Gasteiger partial charge in [-0.15, -0.1) is 0 Å². The Kier molecular flexibility index (Phi) is 5.38. The van der Waals surface area contributed by atoms with Crippen LogP contribution in [0.3, 0.4) is 0 Å². The monoisotopic (exact) mass is 305 g/mol. The molecule has 1 N–H and O–H groups in total. The maximum atomic E-state index is 11.7. The van der Waals surface area contributed by atoms with E-state index in [4.69, 9.17) is 16.3 Å². The Morgan fingerprint density at radius 1 is 1.37 bits per heavy atom. The number of hydrogen-bond acceptors (Lipinski definition) is 4. The quantitative estimate of drug-likeness (QED) is 0.876. The highest BCUT2D eigenvalue weighted by molar-refractivity contribution is 7.90. The van der Waals surface area contributed by atoms with Gasteiger partial charge in [0.15, 0.2) is 9.84 Å². The van der Waals surface area contributed by atoms with Crippen LogP contribution in [0.15, 0.2) is 23.1 Å². The van der Waals surface area contributed by atoms with Crippen molar-refractivity contribution >= 4 is 21.4 Å². The molecule has 1 aromatic carbocycles. The van der Waals surface area contributed by atoms with Gasteiger partial charge in [-0.3, -0.25) is 0 Å². The average Bonchev–Trinajstić information content (AvgIpc) is 2.29. The minimum atomic E-state index is -3.28. The molecular formula is C13H20ClNO3S. The third-order valence-electron chi connectivity index (χ3n) is 2.88. The molecule has 0 bridgehead atoms. The summed E-state index contributed by atoms with van der Waals surface area (Å²) in [6.45, 7) is 4.88. The molecule has 0 aliphatic heterocycles. The molecule has 0 saturated heterocycles. The lowest BCUT2D eigenvalue weighted by Crippen LogP contribution is -2.36. The smallest absolute Gasteiger partial charge is 0.175 e. The van der Waals surface area contributed by atoms with E-state index in [1.807, 2.05) is 13.8 Å². The summed E-state index contributed by atoms with van der Waals surface area (Å²) in [5.74, 6) is 0. The van der Waals surface area contributed by atoms with E-state index in [1.54, 1.807) is 25.3 Å². The third-order valence-corrected chi connectivity index (χ3v) is 4.42. The fraction of sp³-hybridized carbons (Fsp3) is 0.538. The van der Waals surface area contributed by atoms with Crippen molar-refractivity contribution in [1.82, 2.24) is 5.32 Å². The van der Waals surface area contributed by atoms with Crippen molar-refractivity contribution in [3.63, 3.8) is 0 Å². The molecule has 0 heterocycles. The molecule has 19 heavy (non-hydrogen) atoms. The Morgan fingerprint density at radius 3 is 2.53 bits per heavy atom. The van der Waals surface area contributed by atoms with Gasteiger partial charge in [-0.1, -0.05) is 17.7 Å². The maximum Gasteiger partial charge on any atom is 0.175 e. The minimum absolute atomic E-state index is 0.266. The number of nitrogens with one attached hydrogen (secondary N) is 1. The highest BCUT2D eigenvalue weighted by Gasteiger charge is 2.18. The number of halogens is 1. The van der Waals surface area contributed by atoms with Crippen LogP contribution in [0.25, 0.3) is 0 Å². The Labute approximate surface area is 120 Å².